The molecule has 2 aliphatic carbocycles. The smallest absolute Gasteiger partial charge is 0.230 e. The summed E-state index contributed by atoms with van der Waals surface area (Å²) in [6.45, 7) is 0. The average Bonchev–Trinajstić information content (AvgIpc) is 3.72. The molecule has 0 spiro atoms. The van der Waals surface area contributed by atoms with E-state index >= 15 is 0 Å². The minimum Gasteiger partial charge on any atom is -0.352 e. The highest BCUT2D eigenvalue weighted by molar-refractivity contribution is 6.30. The predicted molar refractivity (Wildman–Crippen MR) is 128 cm³/mol. The lowest BCUT2D eigenvalue weighted by Crippen LogP contribution is -2.52. The van der Waals surface area contributed by atoms with Crippen LogP contribution in [0.3, 0.4) is 0 Å². The Morgan fingerprint density at radius 2 is 1.67 bits per heavy atom. The molecule has 4 fully saturated rings. The van der Waals surface area contributed by atoms with Crippen LogP contribution in [0.5, 0.6) is 0 Å². The Labute approximate surface area is 199 Å². The molecule has 3 heterocycles. The van der Waals surface area contributed by atoms with Gasteiger partial charge in [0.25, 0.3) is 0 Å². The molecule has 6 nitrogen and oxygen atoms in total. The van der Waals surface area contributed by atoms with Crippen LogP contribution in [0.25, 0.3) is 0 Å². The highest BCUT2D eigenvalue weighted by atomic mass is 35.5. The van der Waals surface area contributed by atoms with Gasteiger partial charge in [0.15, 0.2) is 0 Å². The highest BCUT2D eigenvalue weighted by Gasteiger charge is 2.52. The van der Waals surface area contributed by atoms with E-state index in [1.165, 1.54) is 0 Å². The second-order valence-electron chi connectivity index (χ2n) is 10.2. The molecule has 1 aromatic heterocycles. The molecule has 2 amide bonds. The van der Waals surface area contributed by atoms with Gasteiger partial charge in [0.2, 0.25) is 11.8 Å². The summed E-state index contributed by atoms with van der Waals surface area (Å²) in [5, 5.41) is 7.05. The molecule has 6 rings (SSSR count). The second-order valence-corrected chi connectivity index (χ2v) is 10.6. The predicted octanol–water partition coefficient (Wildman–Crippen LogP) is 4.43. The lowest BCUT2D eigenvalue weighted by Gasteiger charge is -2.40. The number of hydrogen-bond acceptors (Lipinski definition) is 4. The SMILES string of the molecule is O=C(Nc1ccc(N2C3CCC2CC(NC(=O)C2(c4ccc(Cl)cc4)CC2)C3)nc1)C1CC1. The number of carbonyl (C=O) groups is 2. The van der Waals surface area contributed by atoms with Crippen molar-refractivity contribution in [2.24, 2.45) is 5.92 Å². The summed E-state index contributed by atoms with van der Waals surface area (Å²) in [7, 11) is 0. The van der Waals surface area contributed by atoms with E-state index < -0.39 is 0 Å². The quantitative estimate of drug-likeness (QED) is 0.663. The van der Waals surface area contributed by atoms with E-state index in [9.17, 15) is 9.59 Å². The summed E-state index contributed by atoms with van der Waals surface area (Å²) in [4.78, 5) is 32.3. The summed E-state index contributed by atoms with van der Waals surface area (Å²) < 4.78 is 0. The zero-order chi connectivity index (χ0) is 22.6. The van der Waals surface area contributed by atoms with Gasteiger partial charge in [-0.2, -0.15) is 0 Å². The number of hydrogen-bond donors (Lipinski definition) is 2. The molecule has 2 unspecified atom stereocenters. The first-order valence-electron chi connectivity index (χ1n) is 12.1. The van der Waals surface area contributed by atoms with Crippen LogP contribution in [-0.2, 0) is 15.0 Å². The van der Waals surface area contributed by atoms with Crippen LogP contribution < -0.4 is 15.5 Å². The molecule has 7 heteroatoms. The van der Waals surface area contributed by atoms with Crippen molar-refractivity contribution in [2.45, 2.75) is 74.9 Å². The summed E-state index contributed by atoms with van der Waals surface area (Å²) in [6.07, 6.45) is 9.70. The van der Waals surface area contributed by atoms with Crippen molar-refractivity contribution in [3.8, 4) is 0 Å². The number of rotatable bonds is 6. The number of anilines is 2. The number of piperidine rings is 1. The van der Waals surface area contributed by atoms with Crippen LogP contribution in [-0.4, -0.2) is 34.9 Å². The Balaban J connectivity index is 1.09. The van der Waals surface area contributed by atoms with E-state index in [1.54, 1.807) is 6.20 Å². The summed E-state index contributed by atoms with van der Waals surface area (Å²) in [5.41, 5.74) is 1.47. The first-order valence-corrected chi connectivity index (χ1v) is 12.5. The van der Waals surface area contributed by atoms with Crippen molar-refractivity contribution < 1.29 is 9.59 Å². The van der Waals surface area contributed by atoms with E-state index in [-0.39, 0.29) is 29.2 Å². The molecule has 0 radical (unpaired) electrons. The molecule has 2 atom stereocenters. The largest absolute Gasteiger partial charge is 0.352 e. The number of amides is 2. The lowest BCUT2D eigenvalue weighted by atomic mass is 9.92. The summed E-state index contributed by atoms with van der Waals surface area (Å²) in [5.74, 6) is 1.42. The molecule has 2 aromatic rings. The number of carbonyl (C=O) groups excluding carboxylic acids is 2. The maximum Gasteiger partial charge on any atom is 0.230 e. The Hall–Kier alpha value is -2.60. The zero-order valence-corrected chi connectivity index (χ0v) is 19.4. The number of pyridine rings is 1. The number of nitrogens with one attached hydrogen (secondary N) is 2. The van der Waals surface area contributed by atoms with Gasteiger partial charge in [0.1, 0.15) is 5.82 Å². The Bertz CT molecular complexity index is 1050. The molecule has 2 saturated carbocycles. The first kappa shape index (κ1) is 21.0. The van der Waals surface area contributed by atoms with Gasteiger partial charge < -0.3 is 15.5 Å². The Morgan fingerprint density at radius 3 is 2.24 bits per heavy atom. The molecule has 1 aromatic carbocycles. The monoisotopic (exact) mass is 464 g/mol. The van der Waals surface area contributed by atoms with Gasteiger partial charge >= 0.3 is 0 Å². The fourth-order valence-electron chi connectivity index (χ4n) is 5.74. The minimum absolute atomic E-state index is 0.105. The number of fused-ring (bicyclic) bond motifs is 2. The van der Waals surface area contributed by atoms with E-state index in [0.717, 1.165) is 68.4 Å². The number of nitrogens with zero attached hydrogens (tertiary/aromatic N) is 2. The third-order valence-corrected chi connectivity index (χ3v) is 8.13. The summed E-state index contributed by atoms with van der Waals surface area (Å²) in [6, 6.07) is 12.7. The van der Waals surface area contributed by atoms with Gasteiger partial charge in [-0.15, -0.1) is 0 Å². The van der Waals surface area contributed by atoms with Crippen LogP contribution in [0.1, 0.15) is 56.9 Å². The number of aromatic nitrogens is 1. The Morgan fingerprint density at radius 1 is 0.970 bits per heavy atom. The van der Waals surface area contributed by atoms with Gasteiger partial charge in [-0.1, -0.05) is 23.7 Å². The van der Waals surface area contributed by atoms with Crippen LogP contribution in [0.15, 0.2) is 42.6 Å². The highest BCUT2D eigenvalue weighted by Crippen LogP contribution is 2.49. The van der Waals surface area contributed by atoms with Crippen molar-refractivity contribution in [3.63, 3.8) is 0 Å². The maximum absolute atomic E-state index is 13.2. The van der Waals surface area contributed by atoms with E-state index in [0.29, 0.717) is 17.1 Å². The third-order valence-electron chi connectivity index (χ3n) is 7.88. The maximum atomic E-state index is 13.2. The summed E-state index contributed by atoms with van der Waals surface area (Å²) >= 11 is 6.04. The number of halogens is 1. The third kappa shape index (κ3) is 3.99. The van der Waals surface area contributed by atoms with Gasteiger partial charge in [0.05, 0.1) is 17.3 Å². The molecule has 2 aliphatic heterocycles. The van der Waals surface area contributed by atoms with Gasteiger partial charge in [-0.3, -0.25) is 9.59 Å². The van der Waals surface area contributed by atoms with Crippen LogP contribution >= 0.6 is 11.6 Å². The standard InChI is InChI=1S/C26H29ClN4O2/c27-18-5-3-17(4-6-18)26(11-12-26)25(33)30-20-13-21-8-9-22(14-20)31(21)23-10-7-19(15-28-23)29-24(32)16-1-2-16/h3-7,10,15-16,20-22H,1-2,8-9,11-14H2,(H,29,32)(H,30,33). The van der Waals surface area contributed by atoms with Gasteiger partial charge in [-0.25, -0.2) is 4.98 Å². The molecule has 4 aliphatic rings. The van der Waals surface area contributed by atoms with Crippen LogP contribution in [0.2, 0.25) is 5.02 Å². The van der Waals surface area contributed by atoms with Crippen molar-refractivity contribution in [1.82, 2.24) is 10.3 Å². The molecule has 2 bridgehead atoms. The van der Waals surface area contributed by atoms with E-state index in [2.05, 4.69) is 20.5 Å². The Kier molecular flexibility index (Phi) is 5.09. The van der Waals surface area contributed by atoms with Gasteiger partial charge in [-0.05, 0) is 81.2 Å². The molecule has 172 valence electrons. The van der Waals surface area contributed by atoms with E-state index in [4.69, 9.17) is 11.6 Å². The topological polar surface area (TPSA) is 74.3 Å². The fraction of sp³-hybridized carbons (Fsp3) is 0.500. The molecule has 2 saturated heterocycles. The zero-order valence-electron chi connectivity index (χ0n) is 18.6. The first-order chi connectivity index (χ1) is 16.0. The lowest BCUT2D eigenvalue weighted by molar-refractivity contribution is -0.124. The van der Waals surface area contributed by atoms with Gasteiger partial charge in [0, 0.05) is 29.1 Å². The van der Waals surface area contributed by atoms with Crippen LogP contribution in [0, 0.1) is 5.92 Å². The fourth-order valence-corrected chi connectivity index (χ4v) is 5.86. The molecule has 2 N–H and O–H groups in total. The molecule has 33 heavy (non-hydrogen) atoms. The van der Waals surface area contributed by atoms with Crippen molar-refractivity contribution in [3.05, 3.63) is 53.2 Å². The normalized spacial score (nSPS) is 27.2. The number of benzene rings is 1. The van der Waals surface area contributed by atoms with Crippen molar-refractivity contribution in [2.75, 3.05) is 10.2 Å². The van der Waals surface area contributed by atoms with E-state index in [1.807, 2.05) is 36.4 Å². The molecular formula is C26H29ClN4O2. The minimum atomic E-state index is -0.372. The molecular weight excluding hydrogens is 436 g/mol. The van der Waals surface area contributed by atoms with Crippen molar-refractivity contribution >= 4 is 34.9 Å². The van der Waals surface area contributed by atoms with Crippen LogP contribution in [0.4, 0.5) is 11.5 Å². The average molecular weight is 465 g/mol. The second kappa shape index (κ2) is 8.01. The van der Waals surface area contributed by atoms with Crippen molar-refractivity contribution in [1.29, 1.82) is 0 Å².